The van der Waals surface area contributed by atoms with E-state index >= 15 is 0 Å². The van der Waals surface area contributed by atoms with E-state index < -0.39 is 5.41 Å². The fraction of sp³-hybridized carbons (Fsp3) is 0.458. The van der Waals surface area contributed by atoms with Crippen LogP contribution in [-0.2, 0) is 14.9 Å². The standard InChI is InChI=1S/C24H26INO4/c1-16-12-21-22(30-11-5-10-29-21)13-19(16)24(15-25)18-7-2-3-8-20(18)26(23(24)27)14-17-6-4-9-28-17/h2-3,7-8,12-13,17H,4-6,9-11,14-15H2,1H3/t17-,24?/m1/s1. The zero-order chi connectivity index (χ0) is 20.7. The first-order valence-corrected chi connectivity index (χ1v) is 12.2. The molecule has 0 radical (unpaired) electrons. The van der Waals surface area contributed by atoms with Crippen molar-refractivity contribution in [2.75, 3.05) is 35.7 Å². The van der Waals surface area contributed by atoms with Crippen molar-refractivity contribution in [3.8, 4) is 11.5 Å². The maximum absolute atomic E-state index is 14.1. The molecule has 3 aliphatic rings. The molecule has 0 bridgehead atoms. The van der Waals surface area contributed by atoms with E-state index in [1.165, 1.54) is 0 Å². The Kier molecular flexibility index (Phi) is 5.39. The number of carbonyl (C=O) groups excluding carboxylic acids is 1. The number of ether oxygens (including phenoxy) is 3. The highest BCUT2D eigenvalue weighted by Gasteiger charge is 2.52. The lowest BCUT2D eigenvalue weighted by molar-refractivity contribution is -0.121. The minimum absolute atomic E-state index is 0.108. The minimum Gasteiger partial charge on any atom is -0.490 e. The van der Waals surface area contributed by atoms with Gasteiger partial charge in [0.25, 0.3) is 0 Å². The zero-order valence-corrected chi connectivity index (χ0v) is 19.3. The van der Waals surface area contributed by atoms with Crippen LogP contribution < -0.4 is 14.4 Å². The molecule has 158 valence electrons. The lowest BCUT2D eigenvalue weighted by atomic mass is 9.75. The Labute approximate surface area is 190 Å². The van der Waals surface area contributed by atoms with Crippen LogP contribution in [0.25, 0.3) is 0 Å². The Morgan fingerprint density at radius 3 is 2.57 bits per heavy atom. The van der Waals surface area contributed by atoms with Crippen molar-refractivity contribution in [1.29, 1.82) is 0 Å². The van der Waals surface area contributed by atoms with E-state index in [-0.39, 0.29) is 12.0 Å². The first-order valence-electron chi connectivity index (χ1n) is 10.6. The Morgan fingerprint density at radius 2 is 1.83 bits per heavy atom. The summed E-state index contributed by atoms with van der Waals surface area (Å²) in [5.74, 6) is 1.64. The van der Waals surface area contributed by atoms with Crippen molar-refractivity contribution in [1.82, 2.24) is 0 Å². The summed E-state index contributed by atoms with van der Waals surface area (Å²) in [7, 11) is 0. The van der Waals surface area contributed by atoms with Crippen molar-refractivity contribution >= 4 is 34.2 Å². The summed E-state index contributed by atoms with van der Waals surface area (Å²) in [6.07, 6.45) is 3.04. The molecule has 0 N–H and O–H groups in total. The quantitative estimate of drug-likeness (QED) is 0.444. The minimum atomic E-state index is -0.732. The second-order valence-electron chi connectivity index (χ2n) is 8.27. The van der Waals surface area contributed by atoms with Gasteiger partial charge in [-0.3, -0.25) is 4.79 Å². The molecule has 1 saturated heterocycles. The third-order valence-electron chi connectivity index (χ3n) is 6.43. The molecule has 3 aliphatic heterocycles. The van der Waals surface area contributed by atoms with Gasteiger partial charge in [0.15, 0.2) is 11.5 Å². The first kappa shape index (κ1) is 20.1. The van der Waals surface area contributed by atoms with Gasteiger partial charge in [0.1, 0.15) is 5.41 Å². The van der Waals surface area contributed by atoms with E-state index in [1.54, 1.807) is 0 Å². The highest BCUT2D eigenvalue weighted by Crippen LogP contribution is 2.50. The molecule has 2 aromatic carbocycles. The van der Waals surface area contributed by atoms with Crippen molar-refractivity contribution in [2.24, 2.45) is 0 Å². The molecule has 30 heavy (non-hydrogen) atoms. The highest BCUT2D eigenvalue weighted by atomic mass is 127. The van der Waals surface area contributed by atoms with Crippen LogP contribution in [0.5, 0.6) is 11.5 Å². The third-order valence-corrected chi connectivity index (χ3v) is 7.57. The lowest BCUT2D eigenvalue weighted by Crippen LogP contribution is -2.45. The number of aryl methyl sites for hydroxylation is 1. The van der Waals surface area contributed by atoms with Crippen molar-refractivity contribution in [3.63, 3.8) is 0 Å². The number of hydrogen-bond donors (Lipinski definition) is 0. The zero-order valence-electron chi connectivity index (χ0n) is 17.2. The largest absolute Gasteiger partial charge is 0.490 e. The smallest absolute Gasteiger partial charge is 0.243 e. The number of hydrogen-bond acceptors (Lipinski definition) is 4. The number of nitrogens with zero attached hydrogens (tertiary/aromatic N) is 1. The molecule has 3 heterocycles. The van der Waals surface area contributed by atoms with Crippen LogP contribution in [0.3, 0.4) is 0 Å². The molecule has 5 nitrogen and oxygen atoms in total. The van der Waals surface area contributed by atoms with Gasteiger partial charge in [-0.1, -0.05) is 40.8 Å². The topological polar surface area (TPSA) is 48.0 Å². The van der Waals surface area contributed by atoms with E-state index in [2.05, 4.69) is 41.6 Å². The summed E-state index contributed by atoms with van der Waals surface area (Å²) in [6.45, 7) is 4.74. The Balaban J connectivity index is 1.64. The van der Waals surface area contributed by atoms with Crippen LogP contribution in [0.15, 0.2) is 36.4 Å². The van der Waals surface area contributed by atoms with Gasteiger partial charge in [0.2, 0.25) is 5.91 Å². The van der Waals surface area contributed by atoms with E-state index in [0.717, 1.165) is 59.7 Å². The van der Waals surface area contributed by atoms with Gasteiger partial charge in [-0.15, -0.1) is 0 Å². The summed E-state index contributed by atoms with van der Waals surface area (Å²) in [5, 5.41) is 0. The molecule has 1 unspecified atom stereocenters. The van der Waals surface area contributed by atoms with Gasteiger partial charge < -0.3 is 19.1 Å². The number of alkyl halides is 1. The summed E-state index contributed by atoms with van der Waals surface area (Å²) in [4.78, 5) is 16.0. The van der Waals surface area contributed by atoms with Gasteiger partial charge in [-0.2, -0.15) is 0 Å². The first-order chi connectivity index (χ1) is 14.6. The summed E-state index contributed by atoms with van der Waals surface area (Å²) in [5.41, 5.74) is 3.40. The van der Waals surface area contributed by atoms with Crippen LogP contribution in [0, 0.1) is 6.92 Å². The van der Waals surface area contributed by atoms with Gasteiger partial charge in [-0.05, 0) is 54.7 Å². The Bertz CT molecular complexity index is 972. The molecule has 0 saturated carbocycles. The molecule has 0 spiro atoms. The van der Waals surface area contributed by atoms with E-state index in [9.17, 15) is 4.79 Å². The number of fused-ring (bicyclic) bond motifs is 2. The predicted molar refractivity (Wildman–Crippen MR) is 124 cm³/mol. The van der Waals surface area contributed by atoms with Crippen molar-refractivity contribution in [3.05, 3.63) is 53.1 Å². The summed E-state index contributed by atoms with van der Waals surface area (Å²) in [6, 6.07) is 12.3. The number of para-hydroxylation sites is 1. The third kappa shape index (κ3) is 3.11. The van der Waals surface area contributed by atoms with E-state index in [4.69, 9.17) is 14.2 Å². The van der Waals surface area contributed by atoms with Crippen LogP contribution in [0.2, 0.25) is 0 Å². The molecular formula is C24H26INO4. The van der Waals surface area contributed by atoms with E-state index in [0.29, 0.717) is 24.2 Å². The molecule has 2 atom stereocenters. The summed E-state index contributed by atoms with van der Waals surface area (Å²) >= 11 is 2.36. The van der Waals surface area contributed by atoms with Gasteiger partial charge in [0.05, 0.1) is 25.9 Å². The number of carbonyl (C=O) groups is 1. The number of halogens is 1. The monoisotopic (exact) mass is 519 g/mol. The van der Waals surface area contributed by atoms with E-state index in [1.807, 2.05) is 29.2 Å². The average molecular weight is 519 g/mol. The van der Waals surface area contributed by atoms with Gasteiger partial charge in [0, 0.05) is 23.1 Å². The van der Waals surface area contributed by atoms with Crippen LogP contribution >= 0.6 is 22.6 Å². The highest BCUT2D eigenvalue weighted by molar-refractivity contribution is 14.1. The van der Waals surface area contributed by atoms with Crippen LogP contribution in [0.4, 0.5) is 5.69 Å². The number of anilines is 1. The Morgan fingerprint density at radius 1 is 1.07 bits per heavy atom. The summed E-state index contributed by atoms with van der Waals surface area (Å²) < 4.78 is 18.4. The van der Waals surface area contributed by atoms with Crippen LogP contribution in [0.1, 0.15) is 36.0 Å². The number of benzene rings is 2. The predicted octanol–water partition coefficient (Wildman–Crippen LogP) is 4.40. The molecular weight excluding hydrogens is 493 g/mol. The fourth-order valence-electron chi connectivity index (χ4n) is 4.93. The fourth-order valence-corrected chi connectivity index (χ4v) is 6.08. The maximum atomic E-state index is 14.1. The normalized spacial score (nSPS) is 25.3. The van der Waals surface area contributed by atoms with Crippen molar-refractivity contribution in [2.45, 2.75) is 37.7 Å². The molecule has 6 heteroatoms. The molecule has 0 aromatic heterocycles. The van der Waals surface area contributed by atoms with Gasteiger partial charge in [-0.25, -0.2) is 0 Å². The lowest BCUT2D eigenvalue weighted by Gasteiger charge is -2.30. The SMILES string of the molecule is Cc1cc2c(cc1C1(CI)C(=O)N(C[C@H]3CCCO3)c3ccccc31)OCCCO2. The number of rotatable bonds is 4. The van der Waals surface area contributed by atoms with Gasteiger partial charge >= 0.3 is 0 Å². The van der Waals surface area contributed by atoms with Crippen molar-refractivity contribution < 1.29 is 19.0 Å². The average Bonchev–Trinajstić information content (AvgIpc) is 3.27. The molecule has 2 aromatic rings. The molecule has 0 aliphatic carbocycles. The Hall–Kier alpha value is -1.80. The molecule has 5 rings (SSSR count). The molecule has 1 fully saturated rings. The second-order valence-corrected chi connectivity index (χ2v) is 9.03. The second kappa shape index (κ2) is 8.04. The van der Waals surface area contributed by atoms with Crippen LogP contribution in [-0.4, -0.2) is 42.8 Å². The molecule has 1 amide bonds. The number of amides is 1. The maximum Gasteiger partial charge on any atom is 0.243 e.